The van der Waals surface area contributed by atoms with Crippen molar-refractivity contribution in [2.45, 2.75) is 58.3 Å². The topological polar surface area (TPSA) is 130 Å². The van der Waals surface area contributed by atoms with E-state index in [0.717, 1.165) is 20.8 Å². The second-order valence-corrected chi connectivity index (χ2v) is 6.85. The highest BCUT2D eigenvalue weighted by molar-refractivity contribution is 7.80. The molecule has 1 N–H and O–H groups in total. The van der Waals surface area contributed by atoms with Crippen molar-refractivity contribution in [3.8, 4) is 0 Å². The van der Waals surface area contributed by atoms with Crippen LogP contribution in [0, 0.1) is 0 Å². The summed E-state index contributed by atoms with van der Waals surface area (Å²) >= 11 is 5.21. The minimum absolute atomic E-state index is 0.242. The lowest BCUT2D eigenvalue weighted by Gasteiger charge is -2.44. The van der Waals surface area contributed by atoms with Crippen molar-refractivity contribution in [2.75, 3.05) is 20.7 Å². The summed E-state index contributed by atoms with van der Waals surface area (Å²) in [7, 11) is 3.36. The Labute approximate surface area is 173 Å². The maximum atomic E-state index is 11.7. The normalized spacial score (nSPS) is 25.9. The standard InChI is InChI=1S/C17H26N2O9S/c1-8(20)24-7-12-13(25-9(2)21)14(26-10(3)22)15(27-11(4)23)16(28-12)18-17(29)19(5)6/h12-16H,7H2,1-6H3,(H,18,29)/t12-,13-,14+,15-,16-/m1/s1. The summed E-state index contributed by atoms with van der Waals surface area (Å²) in [6.07, 6.45) is -5.75. The molecular formula is C17H26N2O9S. The molecule has 29 heavy (non-hydrogen) atoms. The molecule has 1 fully saturated rings. The molecule has 1 aliphatic heterocycles. The summed E-state index contributed by atoms with van der Waals surface area (Å²) in [5.74, 6) is -2.67. The largest absolute Gasteiger partial charge is 0.463 e. The zero-order valence-corrected chi connectivity index (χ0v) is 17.9. The minimum Gasteiger partial charge on any atom is -0.463 e. The fourth-order valence-electron chi connectivity index (χ4n) is 2.60. The van der Waals surface area contributed by atoms with E-state index in [9.17, 15) is 19.2 Å². The summed E-state index contributed by atoms with van der Waals surface area (Å²) in [5, 5.41) is 3.10. The van der Waals surface area contributed by atoms with Gasteiger partial charge in [-0.25, -0.2) is 0 Å². The molecule has 1 heterocycles. The zero-order chi connectivity index (χ0) is 22.3. The maximum absolute atomic E-state index is 11.7. The first-order valence-electron chi connectivity index (χ1n) is 8.70. The van der Waals surface area contributed by atoms with Crippen molar-refractivity contribution in [3.63, 3.8) is 0 Å². The van der Waals surface area contributed by atoms with Gasteiger partial charge >= 0.3 is 23.9 Å². The van der Waals surface area contributed by atoms with Crippen molar-refractivity contribution in [1.82, 2.24) is 10.2 Å². The summed E-state index contributed by atoms with van der Waals surface area (Å²) in [6, 6.07) is 0. The molecular weight excluding hydrogens is 408 g/mol. The van der Waals surface area contributed by atoms with Crippen LogP contribution in [-0.2, 0) is 42.9 Å². The quantitative estimate of drug-likeness (QED) is 0.329. The lowest BCUT2D eigenvalue weighted by molar-refractivity contribution is -0.255. The lowest BCUT2D eigenvalue weighted by atomic mass is 9.97. The van der Waals surface area contributed by atoms with Crippen LogP contribution >= 0.6 is 12.2 Å². The molecule has 0 unspecified atom stereocenters. The number of esters is 4. The van der Waals surface area contributed by atoms with E-state index in [1.807, 2.05) is 0 Å². The molecule has 11 nitrogen and oxygen atoms in total. The third-order valence-electron chi connectivity index (χ3n) is 3.66. The molecule has 164 valence electrons. The van der Waals surface area contributed by atoms with E-state index < -0.39 is 54.5 Å². The van der Waals surface area contributed by atoms with Gasteiger partial charge < -0.3 is 33.9 Å². The van der Waals surface area contributed by atoms with E-state index in [1.54, 1.807) is 19.0 Å². The first-order valence-corrected chi connectivity index (χ1v) is 9.11. The number of hydrogen-bond donors (Lipinski definition) is 1. The van der Waals surface area contributed by atoms with Crippen LogP contribution in [0.3, 0.4) is 0 Å². The number of nitrogens with zero attached hydrogens (tertiary/aromatic N) is 1. The molecule has 0 aromatic heterocycles. The Morgan fingerprint density at radius 2 is 1.34 bits per heavy atom. The van der Waals surface area contributed by atoms with Crippen LogP contribution in [0.15, 0.2) is 0 Å². The highest BCUT2D eigenvalue weighted by Crippen LogP contribution is 2.28. The van der Waals surface area contributed by atoms with Gasteiger partial charge in [0.15, 0.2) is 29.7 Å². The zero-order valence-electron chi connectivity index (χ0n) is 17.1. The van der Waals surface area contributed by atoms with Crippen LogP contribution in [0.25, 0.3) is 0 Å². The lowest BCUT2D eigenvalue weighted by Crippen LogP contribution is -2.66. The average molecular weight is 434 g/mol. The maximum Gasteiger partial charge on any atom is 0.303 e. The first kappa shape index (κ1) is 24.6. The second kappa shape index (κ2) is 10.9. The first-order chi connectivity index (χ1) is 13.4. The number of carbonyl (C=O) groups excluding carboxylic acids is 4. The number of nitrogens with one attached hydrogen (secondary N) is 1. The summed E-state index contributed by atoms with van der Waals surface area (Å²) in [6.45, 7) is 4.37. The molecule has 0 aromatic rings. The van der Waals surface area contributed by atoms with Crippen molar-refractivity contribution < 1.29 is 42.9 Å². The smallest absolute Gasteiger partial charge is 0.303 e. The molecule has 1 saturated heterocycles. The fraction of sp³-hybridized carbons (Fsp3) is 0.706. The summed E-state index contributed by atoms with van der Waals surface area (Å²) in [5.41, 5.74) is 0. The van der Waals surface area contributed by atoms with Crippen molar-refractivity contribution in [1.29, 1.82) is 0 Å². The van der Waals surface area contributed by atoms with Crippen LogP contribution in [0.5, 0.6) is 0 Å². The fourth-order valence-corrected chi connectivity index (χ4v) is 2.71. The van der Waals surface area contributed by atoms with E-state index in [2.05, 4.69) is 5.32 Å². The molecule has 0 saturated carbocycles. The number of carbonyl (C=O) groups is 4. The molecule has 0 aromatic carbocycles. The van der Waals surface area contributed by atoms with Crippen LogP contribution in [0.4, 0.5) is 0 Å². The van der Waals surface area contributed by atoms with E-state index in [0.29, 0.717) is 0 Å². The number of thiocarbonyl (C=S) groups is 1. The Balaban J connectivity index is 3.33. The van der Waals surface area contributed by atoms with Crippen molar-refractivity contribution in [2.24, 2.45) is 0 Å². The third-order valence-corrected chi connectivity index (χ3v) is 4.15. The minimum atomic E-state index is -1.24. The van der Waals surface area contributed by atoms with Gasteiger partial charge in [-0.1, -0.05) is 0 Å². The van der Waals surface area contributed by atoms with Gasteiger partial charge in [-0.05, 0) is 12.2 Å². The molecule has 0 radical (unpaired) electrons. The van der Waals surface area contributed by atoms with Gasteiger partial charge in [0.05, 0.1) is 0 Å². The van der Waals surface area contributed by atoms with Crippen LogP contribution in [0.1, 0.15) is 27.7 Å². The van der Waals surface area contributed by atoms with Gasteiger partial charge in [-0.15, -0.1) is 0 Å². The van der Waals surface area contributed by atoms with Gasteiger partial charge in [-0.3, -0.25) is 19.2 Å². The number of ether oxygens (including phenoxy) is 5. The van der Waals surface area contributed by atoms with Crippen molar-refractivity contribution >= 4 is 41.2 Å². The third kappa shape index (κ3) is 7.81. The van der Waals surface area contributed by atoms with Crippen LogP contribution in [-0.4, -0.2) is 85.2 Å². The average Bonchev–Trinajstić information content (AvgIpc) is 2.56. The van der Waals surface area contributed by atoms with E-state index in [-0.39, 0.29) is 11.7 Å². The van der Waals surface area contributed by atoms with Gasteiger partial charge in [0, 0.05) is 41.8 Å². The predicted molar refractivity (Wildman–Crippen MR) is 101 cm³/mol. The van der Waals surface area contributed by atoms with Gasteiger partial charge in [0.2, 0.25) is 0 Å². The van der Waals surface area contributed by atoms with E-state index >= 15 is 0 Å². The SMILES string of the molecule is CC(=O)OC[C@H]1O[C@@H](NC(=S)N(C)C)[C@H](OC(C)=O)[C@@H](OC(C)=O)[C@@H]1OC(C)=O. The summed E-state index contributed by atoms with van der Waals surface area (Å²) in [4.78, 5) is 47.8. The Hall–Kier alpha value is -2.47. The Bertz CT molecular complexity index is 655. The monoisotopic (exact) mass is 434 g/mol. The van der Waals surface area contributed by atoms with Crippen LogP contribution in [0.2, 0.25) is 0 Å². The number of rotatable bonds is 6. The molecule has 0 aliphatic carbocycles. The molecule has 12 heteroatoms. The van der Waals surface area contributed by atoms with Crippen LogP contribution < -0.4 is 5.32 Å². The predicted octanol–water partition coefficient (Wildman–Crippen LogP) is -0.494. The highest BCUT2D eigenvalue weighted by Gasteiger charge is 2.52. The summed E-state index contributed by atoms with van der Waals surface area (Å²) < 4.78 is 26.7. The molecule has 1 aliphatic rings. The molecule has 0 spiro atoms. The van der Waals surface area contributed by atoms with Gasteiger partial charge in [0.1, 0.15) is 12.7 Å². The molecule has 5 atom stereocenters. The molecule has 0 amide bonds. The Morgan fingerprint density at radius 1 is 0.862 bits per heavy atom. The Morgan fingerprint density at radius 3 is 1.79 bits per heavy atom. The van der Waals surface area contributed by atoms with Gasteiger partial charge in [0.25, 0.3) is 0 Å². The highest BCUT2D eigenvalue weighted by atomic mass is 32.1. The Kier molecular flexibility index (Phi) is 9.24. The van der Waals surface area contributed by atoms with E-state index in [1.165, 1.54) is 6.92 Å². The van der Waals surface area contributed by atoms with Crippen molar-refractivity contribution in [3.05, 3.63) is 0 Å². The van der Waals surface area contributed by atoms with Gasteiger partial charge in [-0.2, -0.15) is 0 Å². The second-order valence-electron chi connectivity index (χ2n) is 6.46. The molecule has 1 rings (SSSR count). The molecule has 0 bridgehead atoms. The number of hydrogen-bond acceptors (Lipinski definition) is 10. The van der Waals surface area contributed by atoms with E-state index in [4.69, 9.17) is 35.9 Å².